The zero-order chi connectivity index (χ0) is 20.0. The maximum Gasteiger partial charge on any atom is 0.225 e. The van der Waals surface area contributed by atoms with Gasteiger partial charge in [-0.3, -0.25) is 9.59 Å². The molecule has 1 atom stereocenters. The van der Waals surface area contributed by atoms with Gasteiger partial charge in [0.15, 0.2) is 5.66 Å². The fourth-order valence-corrected chi connectivity index (χ4v) is 3.38. The Hall–Kier alpha value is -2.59. The second-order valence-corrected chi connectivity index (χ2v) is 7.35. The molecule has 0 aromatic heterocycles. The average molecular weight is 403 g/mol. The summed E-state index contributed by atoms with van der Waals surface area (Å²) in [6, 6.07) is 7.18. The number of amides is 2. The first kappa shape index (κ1) is 20.2. The van der Waals surface area contributed by atoms with Crippen LogP contribution in [0.15, 0.2) is 34.5 Å². The van der Waals surface area contributed by atoms with E-state index in [0.29, 0.717) is 56.3 Å². The van der Waals surface area contributed by atoms with Gasteiger partial charge in [0.25, 0.3) is 0 Å². The predicted molar refractivity (Wildman–Crippen MR) is 105 cm³/mol. The van der Waals surface area contributed by atoms with Crippen LogP contribution in [0.2, 0.25) is 5.02 Å². The molecule has 2 heterocycles. The Balaban J connectivity index is 1.37. The quantitative estimate of drug-likeness (QED) is 0.610. The number of carbonyl (C=O) groups excluding carboxylic acids is 2. The van der Waals surface area contributed by atoms with E-state index in [9.17, 15) is 9.59 Å². The smallest absolute Gasteiger partial charge is 0.225 e. The Labute approximate surface area is 169 Å². The number of carbonyl (C=O) groups is 2. The molecule has 1 N–H and O–H groups in total. The van der Waals surface area contributed by atoms with E-state index in [1.165, 1.54) is 0 Å². The Bertz CT molecular complexity index is 799. The summed E-state index contributed by atoms with van der Waals surface area (Å²) < 4.78 is 5.62. The first-order valence-corrected chi connectivity index (χ1v) is 9.71. The van der Waals surface area contributed by atoms with Gasteiger partial charge in [0, 0.05) is 38.8 Å². The third kappa shape index (κ3) is 5.23. The van der Waals surface area contributed by atoms with Crippen molar-refractivity contribution >= 4 is 23.4 Å². The second-order valence-electron chi connectivity index (χ2n) is 6.95. The summed E-state index contributed by atoms with van der Waals surface area (Å²) in [6.45, 7) is 1.61. The van der Waals surface area contributed by atoms with Crippen molar-refractivity contribution in [3.63, 3.8) is 0 Å². The predicted octanol–water partition coefficient (Wildman–Crippen LogP) is 2.65. The van der Waals surface area contributed by atoms with Crippen LogP contribution in [0.3, 0.4) is 0 Å². The molecule has 148 valence electrons. The van der Waals surface area contributed by atoms with Crippen LogP contribution in [0.25, 0.3) is 0 Å². The number of likely N-dealkylation sites (tertiary alicyclic amines) is 1. The average Bonchev–Trinajstić information content (AvgIpc) is 3.36. The van der Waals surface area contributed by atoms with Crippen molar-refractivity contribution in [2.75, 3.05) is 26.2 Å². The Kier molecular flexibility index (Phi) is 6.53. The van der Waals surface area contributed by atoms with Gasteiger partial charge < -0.3 is 15.0 Å². The molecule has 1 saturated heterocycles. The highest BCUT2D eigenvalue weighted by Crippen LogP contribution is 2.36. The fourth-order valence-electron chi connectivity index (χ4n) is 3.19. The van der Waals surface area contributed by atoms with E-state index in [-0.39, 0.29) is 24.2 Å². The molecule has 0 bridgehead atoms. The largest absolute Gasteiger partial charge is 0.490 e. The molecule has 0 spiro atoms. The van der Waals surface area contributed by atoms with Gasteiger partial charge in [0.05, 0.1) is 17.5 Å². The maximum atomic E-state index is 12.4. The van der Waals surface area contributed by atoms with E-state index in [1.807, 2.05) is 12.1 Å². The molecule has 1 aromatic rings. The number of ether oxygens (including phenoxy) is 1. The molecular formula is C20H23ClN4O3. The van der Waals surface area contributed by atoms with Gasteiger partial charge in [0.1, 0.15) is 12.4 Å². The molecule has 0 aliphatic carbocycles. The van der Waals surface area contributed by atoms with Gasteiger partial charge in [-0.05, 0) is 12.1 Å². The summed E-state index contributed by atoms with van der Waals surface area (Å²) in [5, 5.41) is 11.5. The van der Waals surface area contributed by atoms with E-state index in [4.69, 9.17) is 22.8 Å². The van der Waals surface area contributed by atoms with Crippen molar-refractivity contribution < 1.29 is 14.3 Å². The van der Waals surface area contributed by atoms with Crippen LogP contribution in [0.1, 0.15) is 25.7 Å². The summed E-state index contributed by atoms with van der Waals surface area (Å²) in [5.41, 5.74) is -0.409. The minimum Gasteiger partial charge on any atom is -0.490 e. The molecule has 1 fully saturated rings. The maximum absolute atomic E-state index is 12.4. The van der Waals surface area contributed by atoms with Gasteiger partial charge in [-0.25, -0.2) is 0 Å². The Morgan fingerprint density at radius 2 is 2.18 bits per heavy atom. The summed E-state index contributed by atoms with van der Waals surface area (Å²) in [4.78, 5) is 26.2. The fraction of sp³-hybridized carbons (Fsp3) is 0.500. The van der Waals surface area contributed by atoms with Crippen LogP contribution in [0.5, 0.6) is 5.75 Å². The third-order valence-electron chi connectivity index (χ3n) is 4.92. The molecule has 2 amide bonds. The number of rotatable bonds is 10. The highest BCUT2D eigenvalue weighted by Gasteiger charge is 2.39. The first-order chi connectivity index (χ1) is 13.5. The molecule has 8 heteroatoms. The van der Waals surface area contributed by atoms with E-state index < -0.39 is 5.66 Å². The van der Waals surface area contributed by atoms with Crippen LogP contribution in [-0.4, -0.2) is 48.6 Å². The van der Waals surface area contributed by atoms with Crippen molar-refractivity contribution in [2.45, 2.75) is 31.3 Å². The van der Waals surface area contributed by atoms with Crippen molar-refractivity contribution in [2.24, 2.45) is 16.1 Å². The molecule has 7 nitrogen and oxygen atoms in total. The lowest BCUT2D eigenvalue weighted by Gasteiger charge is -2.17. The van der Waals surface area contributed by atoms with Crippen LogP contribution < -0.4 is 10.1 Å². The summed E-state index contributed by atoms with van der Waals surface area (Å²) >= 11 is 6.04. The molecule has 2 aliphatic heterocycles. The number of para-hydroxylation sites is 1. The SMILES string of the molecule is C#CCCC1(CCNC(=O)C2CC(=O)N(CCOc3ccccc3Cl)C2)N=N1. The Morgan fingerprint density at radius 3 is 2.89 bits per heavy atom. The monoisotopic (exact) mass is 402 g/mol. The molecule has 0 saturated carbocycles. The van der Waals surface area contributed by atoms with E-state index in [0.717, 1.165) is 0 Å². The summed E-state index contributed by atoms with van der Waals surface area (Å²) in [7, 11) is 0. The zero-order valence-electron chi connectivity index (χ0n) is 15.6. The third-order valence-corrected chi connectivity index (χ3v) is 5.23. The van der Waals surface area contributed by atoms with E-state index in [1.54, 1.807) is 17.0 Å². The number of terminal acetylenes is 1. The van der Waals surface area contributed by atoms with E-state index in [2.05, 4.69) is 21.5 Å². The lowest BCUT2D eigenvalue weighted by Crippen LogP contribution is -2.35. The molecule has 1 unspecified atom stereocenters. The first-order valence-electron chi connectivity index (χ1n) is 9.33. The highest BCUT2D eigenvalue weighted by atomic mass is 35.5. The summed E-state index contributed by atoms with van der Waals surface area (Å²) in [5.74, 6) is 2.66. The molecule has 3 rings (SSSR count). The number of nitrogens with zero attached hydrogens (tertiary/aromatic N) is 3. The topological polar surface area (TPSA) is 83.4 Å². The molecule has 2 aliphatic rings. The number of halogens is 1. The molecule has 28 heavy (non-hydrogen) atoms. The van der Waals surface area contributed by atoms with Crippen molar-refractivity contribution in [1.29, 1.82) is 0 Å². The number of hydrogen-bond acceptors (Lipinski definition) is 5. The number of benzene rings is 1. The van der Waals surface area contributed by atoms with Gasteiger partial charge in [0.2, 0.25) is 11.8 Å². The number of hydrogen-bond donors (Lipinski definition) is 1. The van der Waals surface area contributed by atoms with Gasteiger partial charge in [-0.1, -0.05) is 23.7 Å². The Morgan fingerprint density at radius 1 is 1.39 bits per heavy atom. The standard InChI is InChI=1S/C20H23ClN4O3/c1-2-3-8-20(23-24-20)9-10-22-19(27)15-13-18(26)25(14-15)11-12-28-17-7-5-4-6-16(17)21/h1,4-7,15H,3,8-14H2,(H,22,27). The summed E-state index contributed by atoms with van der Waals surface area (Å²) in [6.07, 6.45) is 7.44. The normalized spacial score (nSPS) is 19.4. The second kappa shape index (κ2) is 9.07. The van der Waals surface area contributed by atoms with Crippen molar-refractivity contribution in [3.8, 4) is 18.1 Å². The van der Waals surface area contributed by atoms with Gasteiger partial charge >= 0.3 is 0 Å². The number of nitrogens with one attached hydrogen (secondary N) is 1. The minimum atomic E-state index is -0.409. The minimum absolute atomic E-state index is 0.0411. The van der Waals surface area contributed by atoms with Crippen LogP contribution >= 0.6 is 11.6 Å². The molecule has 1 aromatic carbocycles. The van der Waals surface area contributed by atoms with Gasteiger partial charge in [-0.15, -0.1) is 12.3 Å². The molecular weight excluding hydrogens is 380 g/mol. The van der Waals surface area contributed by atoms with Crippen molar-refractivity contribution in [1.82, 2.24) is 10.2 Å². The highest BCUT2D eigenvalue weighted by molar-refractivity contribution is 6.32. The van der Waals surface area contributed by atoms with E-state index >= 15 is 0 Å². The van der Waals surface area contributed by atoms with Crippen LogP contribution in [0.4, 0.5) is 0 Å². The van der Waals surface area contributed by atoms with Crippen LogP contribution in [0, 0.1) is 18.3 Å². The van der Waals surface area contributed by atoms with Crippen LogP contribution in [-0.2, 0) is 9.59 Å². The lowest BCUT2D eigenvalue weighted by atomic mass is 10.0. The van der Waals surface area contributed by atoms with Gasteiger partial charge in [-0.2, -0.15) is 10.2 Å². The molecule has 0 radical (unpaired) electrons. The van der Waals surface area contributed by atoms with Crippen molar-refractivity contribution in [3.05, 3.63) is 29.3 Å². The lowest BCUT2D eigenvalue weighted by molar-refractivity contribution is -0.129. The zero-order valence-corrected chi connectivity index (χ0v) is 16.3.